The van der Waals surface area contributed by atoms with E-state index in [1.54, 1.807) is 0 Å². The normalized spacial score (nSPS) is 16.0. The number of halogens is 2. The molecule has 6 heteroatoms. The molecule has 1 fully saturated rings. The monoisotopic (exact) mass is 426 g/mol. The van der Waals surface area contributed by atoms with Gasteiger partial charge in [0.15, 0.2) is 0 Å². The number of hydrogen-bond acceptors (Lipinski definition) is 4. The molecule has 156 valence electrons. The first-order chi connectivity index (χ1) is 12.6. The molecule has 0 bridgehead atoms. The molecular weight excluding hydrogens is 395 g/mol. The SMILES string of the molecule is Cc1ccc(OCC(O)CN2CCN(Cc3ccccc3)CC2)c(C)c1.Cl.Cl. The third kappa shape index (κ3) is 7.61. The summed E-state index contributed by atoms with van der Waals surface area (Å²) in [6, 6.07) is 16.7. The zero-order chi connectivity index (χ0) is 18.4. The fourth-order valence-corrected chi connectivity index (χ4v) is 3.47. The van der Waals surface area contributed by atoms with E-state index < -0.39 is 6.10 Å². The second-order valence-electron chi connectivity index (χ2n) is 7.30. The zero-order valence-electron chi connectivity index (χ0n) is 16.7. The van der Waals surface area contributed by atoms with E-state index >= 15 is 0 Å². The number of rotatable bonds is 7. The predicted molar refractivity (Wildman–Crippen MR) is 120 cm³/mol. The van der Waals surface area contributed by atoms with Gasteiger partial charge in [-0.25, -0.2) is 0 Å². The van der Waals surface area contributed by atoms with Crippen molar-refractivity contribution in [2.45, 2.75) is 26.5 Å². The first-order valence-corrected chi connectivity index (χ1v) is 9.47. The molecule has 0 aromatic heterocycles. The van der Waals surface area contributed by atoms with Crippen LogP contribution in [-0.4, -0.2) is 60.3 Å². The maximum atomic E-state index is 10.3. The van der Waals surface area contributed by atoms with Crippen molar-refractivity contribution >= 4 is 24.8 Å². The van der Waals surface area contributed by atoms with Crippen LogP contribution in [0.3, 0.4) is 0 Å². The molecular formula is C22H32Cl2N2O2. The van der Waals surface area contributed by atoms with Gasteiger partial charge in [0.1, 0.15) is 18.5 Å². The Kier molecular flexibility index (Phi) is 10.9. The Bertz CT molecular complexity index is 692. The van der Waals surface area contributed by atoms with E-state index in [0.29, 0.717) is 13.2 Å². The summed E-state index contributed by atoms with van der Waals surface area (Å²) in [7, 11) is 0. The summed E-state index contributed by atoms with van der Waals surface area (Å²) in [5.41, 5.74) is 3.71. The number of β-amino-alcohol motifs (C(OH)–C–C–N with tert-alkyl or cyclic N) is 1. The van der Waals surface area contributed by atoms with E-state index in [1.807, 2.05) is 19.1 Å². The van der Waals surface area contributed by atoms with Crippen LogP contribution in [-0.2, 0) is 6.54 Å². The van der Waals surface area contributed by atoms with Crippen molar-refractivity contribution in [1.82, 2.24) is 9.80 Å². The molecule has 3 rings (SSSR count). The number of aliphatic hydroxyl groups excluding tert-OH is 1. The van der Waals surface area contributed by atoms with Crippen LogP contribution in [0.4, 0.5) is 0 Å². The second-order valence-corrected chi connectivity index (χ2v) is 7.30. The molecule has 1 aliphatic rings. The first kappa shape index (κ1) is 24.7. The third-order valence-electron chi connectivity index (χ3n) is 4.94. The van der Waals surface area contributed by atoms with E-state index in [9.17, 15) is 5.11 Å². The van der Waals surface area contributed by atoms with Crippen LogP contribution >= 0.6 is 24.8 Å². The number of hydrogen-bond donors (Lipinski definition) is 1. The van der Waals surface area contributed by atoms with Gasteiger partial charge < -0.3 is 9.84 Å². The Labute approximate surface area is 181 Å². The highest BCUT2D eigenvalue weighted by molar-refractivity contribution is 5.85. The summed E-state index contributed by atoms with van der Waals surface area (Å²) >= 11 is 0. The molecule has 1 atom stereocenters. The van der Waals surface area contributed by atoms with Gasteiger partial charge in [0.2, 0.25) is 0 Å². The van der Waals surface area contributed by atoms with Gasteiger partial charge in [-0.3, -0.25) is 9.80 Å². The summed E-state index contributed by atoms with van der Waals surface area (Å²) in [6.45, 7) is 10.2. The lowest BCUT2D eigenvalue weighted by atomic mass is 10.1. The number of piperazine rings is 1. The van der Waals surface area contributed by atoms with Crippen LogP contribution in [0, 0.1) is 13.8 Å². The lowest BCUT2D eigenvalue weighted by Crippen LogP contribution is -2.48. The first-order valence-electron chi connectivity index (χ1n) is 9.47. The average molecular weight is 427 g/mol. The van der Waals surface area contributed by atoms with E-state index in [0.717, 1.165) is 44.0 Å². The molecule has 0 saturated carbocycles. The molecule has 1 heterocycles. The van der Waals surface area contributed by atoms with Gasteiger partial charge in [-0.15, -0.1) is 24.8 Å². The van der Waals surface area contributed by atoms with Crippen molar-refractivity contribution in [1.29, 1.82) is 0 Å². The fraction of sp³-hybridized carbons (Fsp3) is 0.455. The minimum Gasteiger partial charge on any atom is -0.491 e. The topological polar surface area (TPSA) is 35.9 Å². The Morgan fingerprint density at radius 3 is 2.21 bits per heavy atom. The fourth-order valence-electron chi connectivity index (χ4n) is 3.47. The number of aliphatic hydroxyl groups is 1. The Balaban J connectivity index is 0.00000196. The van der Waals surface area contributed by atoms with E-state index in [1.165, 1.54) is 11.1 Å². The summed E-state index contributed by atoms with van der Waals surface area (Å²) in [4.78, 5) is 4.81. The maximum absolute atomic E-state index is 10.3. The molecule has 1 N–H and O–H groups in total. The lowest BCUT2D eigenvalue weighted by molar-refractivity contribution is 0.0445. The van der Waals surface area contributed by atoms with Gasteiger partial charge in [-0.05, 0) is 31.0 Å². The van der Waals surface area contributed by atoms with Gasteiger partial charge in [-0.2, -0.15) is 0 Å². The number of aryl methyl sites for hydroxylation is 2. The van der Waals surface area contributed by atoms with Crippen LogP contribution in [0.1, 0.15) is 16.7 Å². The van der Waals surface area contributed by atoms with Crippen LogP contribution in [0.15, 0.2) is 48.5 Å². The number of benzene rings is 2. The average Bonchev–Trinajstić information content (AvgIpc) is 2.63. The Morgan fingerprint density at radius 2 is 1.57 bits per heavy atom. The summed E-state index contributed by atoms with van der Waals surface area (Å²) < 4.78 is 5.81. The molecule has 2 aromatic carbocycles. The molecule has 0 spiro atoms. The van der Waals surface area contributed by atoms with Crippen LogP contribution in [0.25, 0.3) is 0 Å². The molecule has 4 nitrogen and oxygen atoms in total. The Morgan fingerprint density at radius 1 is 0.929 bits per heavy atom. The van der Waals surface area contributed by atoms with Crippen molar-refractivity contribution in [3.63, 3.8) is 0 Å². The zero-order valence-corrected chi connectivity index (χ0v) is 18.3. The van der Waals surface area contributed by atoms with Gasteiger partial charge in [0.05, 0.1) is 0 Å². The number of nitrogens with zero attached hydrogens (tertiary/aromatic N) is 2. The van der Waals surface area contributed by atoms with E-state index in [4.69, 9.17) is 4.74 Å². The molecule has 2 aromatic rings. The van der Waals surface area contributed by atoms with Crippen LogP contribution < -0.4 is 4.74 Å². The summed E-state index contributed by atoms with van der Waals surface area (Å²) in [6.07, 6.45) is -0.462. The van der Waals surface area contributed by atoms with Crippen molar-refractivity contribution in [3.05, 3.63) is 65.2 Å². The number of ether oxygens (including phenoxy) is 1. The largest absolute Gasteiger partial charge is 0.491 e. The van der Waals surface area contributed by atoms with E-state index in [2.05, 4.69) is 53.1 Å². The van der Waals surface area contributed by atoms with Crippen molar-refractivity contribution in [3.8, 4) is 5.75 Å². The van der Waals surface area contributed by atoms with Gasteiger partial charge in [-0.1, -0.05) is 48.0 Å². The maximum Gasteiger partial charge on any atom is 0.122 e. The second kappa shape index (κ2) is 12.3. The lowest BCUT2D eigenvalue weighted by Gasteiger charge is -2.35. The molecule has 0 aliphatic carbocycles. The summed E-state index contributed by atoms with van der Waals surface area (Å²) in [5, 5.41) is 10.3. The molecule has 1 aliphatic heterocycles. The van der Waals surface area contributed by atoms with Crippen molar-refractivity contribution in [2.24, 2.45) is 0 Å². The standard InChI is InChI=1S/C22H30N2O2.2ClH/c1-18-8-9-22(19(2)14-18)26-17-21(25)16-24-12-10-23(11-13-24)15-20-6-4-3-5-7-20;;/h3-9,14,21,25H,10-13,15-17H2,1-2H3;2*1H. The minimum atomic E-state index is -0.462. The molecule has 0 radical (unpaired) electrons. The molecule has 1 saturated heterocycles. The molecule has 0 amide bonds. The molecule has 28 heavy (non-hydrogen) atoms. The smallest absolute Gasteiger partial charge is 0.122 e. The summed E-state index contributed by atoms with van der Waals surface area (Å²) in [5.74, 6) is 0.863. The highest BCUT2D eigenvalue weighted by atomic mass is 35.5. The highest BCUT2D eigenvalue weighted by Gasteiger charge is 2.19. The molecule has 1 unspecified atom stereocenters. The van der Waals surface area contributed by atoms with Gasteiger partial charge in [0.25, 0.3) is 0 Å². The van der Waals surface area contributed by atoms with Crippen LogP contribution in [0.5, 0.6) is 5.75 Å². The predicted octanol–water partition coefficient (Wildman–Crippen LogP) is 3.70. The minimum absolute atomic E-state index is 0. The van der Waals surface area contributed by atoms with E-state index in [-0.39, 0.29) is 24.8 Å². The third-order valence-corrected chi connectivity index (χ3v) is 4.94. The van der Waals surface area contributed by atoms with Crippen molar-refractivity contribution < 1.29 is 9.84 Å². The highest BCUT2D eigenvalue weighted by Crippen LogP contribution is 2.19. The van der Waals surface area contributed by atoms with Gasteiger partial charge >= 0.3 is 0 Å². The quantitative estimate of drug-likeness (QED) is 0.731. The van der Waals surface area contributed by atoms with Crippen molar-refractivity contribution in [2.75, 3.05) is 39.3 Å². The van der Waals surface area contributed by atoms with Gasteiger partial charge in [0, 0.05) is 39.3 Å². The van der Waals surface area contributed by atoms with Crippen LogP contribution in [0.2, 0.25) is 0 Å². The Hall–Kier alpha value is -1.30.